The third-order valence-corrected chi connectivity index (χ3v) is 8.83. The van der Waals surface area contributed by atoms with Crippen LogP contribution in [0.1, 0.15) is 65.2 Å². The molecule has 0 aromatic carbocycles. The summed E-state index contributed by atoms with van der Waals surface area (Å²) in [5.74, 6) is 2.59. The van der Waals surface area contributed by atoms with E-state index < -0.39 is 0 Å². The van der Waals surface area contributed by atoms with E-state index in [1.165, 1.54) is 31.3 Å². The lowest BCUT2D eigenvalue weighted by Gasteiger charge is -2.58. The minimum atomic E-state index is 0.250. The fraction of sp³-hybridized carbons (Fsp3) is 0.875. The Bertz CT molecular complexity index is 631. The maximum absolute atomic E-state index is 12.0. The number of fused-ring (bicyclic) bond motifs is 5. The van der Waals surface area contributed by atoms with Crippen molar-refractivity contribution in [2.75, 3.05) is 33.9 Å². The summed E-state index contributed by atoms with van der Waals surface area (Å²) < 4.78 is 22.1. The van der Waals surface area contributed by atoms with Gasteiger partial charge in [-0.05, 0) is 79.6 Å². The summed E-state index contributed by atoms with van der Waals surface area (Å²) in [5, 5.41) is 0. The van der Waals surface area contributed by atoms with Gasteiger partial charge >= 0.3 is 0 Å². The second kappa shape index (κ2) is 8.78. The maximum Gasteiger partial charge on any atom is 0.155 e. The molecule has 0 unspecified atom stereocenters. The van der Waals surface area contributed by atoms with Crippen molar-refractivity contribution in [2.45, 2.75) is 71.3 Å². The molecule has 0 aliphatic heterocycles. The smallest absolute Gasteiger partial charge is 0.155 e. The molecule has 164 valence electrons. The molecule has 0 spiro atoms. The first-order valence-corrected chi connectivity index (χ1v) is 11.5. The van der Waals surface area contributed by atoms with Crippen LogP contribution in [0.25, 0.3) is 0 Å². The van der Waals surface area contributed by atoms with Crippen LogP contribution in [0.15, 0.2) is 11.6 Å². The zero-order valence-electron chi connectivity index (χ0n) is 18.4. The Labute approximate surface area is 175 Å². The molecule has 5 heteroatoms. The fourth-order valence-corrected chi connectivity index (χ4v) is 7.21. The summed E-state index contributed by atoms with van der Waals surface area (Å²) in [6.07, 6.45) is 11.3. The van der Waals surface area contributed by atoms with Crippen molar-refractivity contribution >= 4 is 5.78 Å². The molecule has 4 aliphatic carbocycles. The average Bonchev–Trinajstić information content (AvgIpc) is 3.04. The first-order chi connectivity index (χ1) is 14.0. The van der Waals surface area contributed by atoms with Crippen molar-refractivity contribution in [1.82, 2.24) is 0 Å². The van der Waals surface area contributed by atoms with E-state index in [4.69, 9.17) is 18.9 Å². The van der Waals surface area contributed by atoms with Crippen LogP contribution in [0.2, 0.25) is 0 Å². The molecule has 29 heavy (non-hydrogen) atoms. The highest BCUT2D eigenvalue weighted by Crippen LogP contribution is 2.65. The van der Waals surface area contributed by atoms with Crippen LogP contribution in [0.5, 0.6) is 0 Å². The van der Waals surface area contributed by atoms with Gasteiger partial charge in [0, 0.05) is 13.5 Å². The van der Waals surface area contributed by atoms with Crippen LogP contribution >= 0.6 is 0 Å². The van der Waals surface area contributed by atoms with Crippen molar-refractivity contribution < 1.29 is 23.7 Å². The van der Waals surface area contributed by atoms with E-state index >= 15 is 0 Å². The topological polar surface area (TPSA) is 54.0 Å². The Morgan fingerprint density at radius 3 is 2.66 bits per heavy atom. The Morgan fingerprint density at radius 1 is 0.966 bits per heavy atom. The van der Waals surface area contributed by atoms with Gasteiger partial charge in [0.25, 0.3) is 0 Å². The van der Waals surface area contributed by atoms with Crippen molar-refractivity contribution in [2.24, 2.45) is 28.6 Å². The highest BCUT2D eigenvalue weighted by molar-refractivity contribution is 5.91. The predicted molar refractivity (Wildman–Crippen MR) is 110 cm³/mol. The van der Waals surface area contributed by atoms with E-state index in [0.29, 0.717) is 25.8 Å². The number of rotatable bonds is 8. The number of hydrogen-bond donors (Lipinski definition) is 0. The van der Waals surface area contributed by atoms with Crippen molar-refractivity contribution in [3.8, 4) is 0 Å². The number of carbonyl (C=O) groups is 1. The van der Waals surface area contributed by atoms with Gasteiger partial charge in [-0.25, -0.2) is 0 Å². The van der Waals surface area contributed by atoms with Crippen LogP contribution in [0.3, 0.4) is 0 Å². The summed E-state index contributed by atoms with van der Waals surface area (Å²) in [5.41, 5.74) is 1.95. The van der Waals surface area contributed by atoms with Crippen molar-refractivity contribution in [1.29, 1.82) is 0 Å². The number of hydrogen-bond acceptors (Lipinski definition) is 5. The molecule has 0 aromatic rings. The Morgan fingerprint density at radius 2 is 1.83 bits per heavy atom. The quantitative estimate of drug-likeness (QED) is 0.439. The van der Waals surface area contributed by atoms with Crippen LogP contribution in [0.4, 0.5) is 0 Å². The number of methoxy groups -OCH3 is 1. The van der Waals surface area contributed by atoms with Gasteiger partial charge < -0.3 is 18.9 Å². The summed E-state index contributed by atoms with van der Waals surface area (Å²) in [7, 11) is 1.66. The molecule has 0 radical (unpaired) electrons. The van der Waals surface area contributed by atoms with Crippen LogP contribution < -0.4 is 0 Å². The van der Waals surface area contributed by atoms with E-state index in [1.807, 2.05) is 6.08 Å². The minimum absolute atomic E-state index is 0.250. The largest absolute Gasteiger partial charge is 0.382 e. The SMILES string of the molecule is COCCOCOCO[C@H]1CC[C@H]2[C@@H]3CCC4=CC(=O)CC[C@]4(C)[C@H]3CC[C@]12C. The summed E-state index contributed by atoms with van der Waals surface area (Å²) in [4.78, 5) is 12.0. The van der Waals surface area contributed by atoms with Gasteiger partial charge in [-0.2, -0.15) is 0 Å². The van der Waals surface area contributed by atoms with Gasteiger partial charge in [0.1, 0.15) is 13.6 Å². The lowest BCUT2D eigenvalue weighted by Crippen LogP contribution is -2.51. The molecule has 0 N–H and O–H groups in total. The molecular weight excluding hydrogens is 368 g/mol. The molecule has 6 atom stereocenters. The van der Waals surface area contributed by atoms with Gasteiger partial charge in [-0.1, -0.05) is 19.4 Å². The van der Waals surface area contributed by atoms with Crippen molar-refractivity contribution in [3.05, 3.63) is 11.6 Å². The van der Waals surface area contributed by atoms with Gasteiger partial charge in [-0.15, -0.1) is 0 Å². The highest BCUT2D eigenvalue weighted by atomic mass is 16.7. The normalized spacial score (nSPS) is 41.5. The first kappa shape index (κ1) is 21.5. The molecule has 0 aromatic heterocycles. The van der Waals surface area contributed by atoms with Gasteiger partial charge in [0.2, 0.25) is 0 Å². The zero-order valence-corrected chi connectivity index (χ0v) is 18.4. The third-order valence-electron chi connectivity index (χ3n) is 8.83. The summed E-state index contributed by atoms with van der Waals surface area (Å²) in [6, 6.07) is 0. The molecule has 0 amide bonds. The summed E-state index contributed by atoms with van der Waals surface area (Å²) in [6.45, 7) is 6.60. The van der Waals surface area contributed by atoms with E-state index in [-0.39, 0.29) is 23.7 Å². The molecule has 3 saturated carbocycles. The number of allylic oxidation sites excluding steroid dienone is 1. The fourth-order valence-electron chi connectivity index (χ4n) is 7.21. The standard InChI is InChI=1S/C24H38O5/c1-23-10-8-18(25)14-17(23)4-5-19-20-6-7-22(24(20,2)11-9-21(19)23)29-16-28-15-27-13-12-26-3/h14,19-22H,4-13,15-16H2,1-3H3/t19-,20-,21-,22-,23-,24-/m0/s1. The van der Waals surface area contributed by atoms with Crippen molar-refractivity contribution in [3.63, 3.8) is 0 Å². The lowest BCUT2D eigenvalue weighted by atomic mass is 9.47. The highest BCUT2D eigenvalue weighted by Gasteiger charge is 2.59. The second-order valence-electron chi connectivity index (χ2n) is 10.1. The molecule has 0 heterocycles. The Balaban J connectivity index is 1.35. The molecule has 3 fully saturated rings. The minimum Gasteiger partial charge on any atom is -0.382 e. The molecule has 4 rings (SSSR count). The first-order valence-electron chi connectivity index (χ1n) is 11.5. The van der Waals surface area contributed by atoms with Gasteiger partial charge in [-0.3, -0.25) is 4.79 Å². The molecule has 5 nitrogen and oxygen atoms in total. The van der Waals surface area contributed by atoms with Gasteiger partial charge in [0.05, 0.1) is 19.3 Å². The Hall–Kier alpha value is -0.750. The predicted octanol–water partition coefficient (Wildman–Crippen LogP) is 4.50. The number of carbonyl (C=O) groups excluding carboxylic acids is 1. The molecule has 0 bridgehead atoms. The Kier molecular flexibility index (Phi) is 6.50. The molecule has 4 aliphatic rings. The van der Waals surface area contributed by atoms with Crippen LogP contribution in [-0.4, -0.2) is 45.8 Å². The van der Waals surface area contributed by atoms with Gasteiger partial charge in [0.15, 0.2) is 5.78 Å². The number of ketones is 1. The van der Waals surface area contributed by atoms with Crippen LogP contribution in [0, 0.1) is 28.6 Å². The lowest BCUT2D eigenvalue weighted by molar-refractivity contribution is -0.179. The average molecular weight is 407 g/mol. The summed E-state index contributed by atoms with van der Waals surface area (Å²) >= 11 is 0. The number of ether oxygens (including phenoxy) is 4. The molecule has 0 saturated heterocycles. The van der Waals surface area contributed by atoms with E-state index in [1.54, 1.807) is 7.11 Å². The van der Waals surface area contributed by atoms with E-state index in [2.05, 4.69) is 13.8 Å². The zero-order chi connectivity index (χ0) is 20.5. The van der Waals surface area contributed by atoms with E-state index in [9.17, 15) is 4.79 Å². The third kappa shape index (κ3) is 3.96. The second-order valence-corrected chi connectivity index (χ2v) is 10.1. The maximum atomic E-state index is 12.0. The van der Waals surface area contributed by atoms with E-state index in [0.717, 1.165) is 43.4 Å². The molecular formula is C24H38O5. The van der Waals surface area contributed by atoms with Crippen LogP contribution in [-0.2, 0) is 23.7 Å². The monoisotopic (exact) mass is 406 g/mol.